The number of amides is 1. The first-order valence-corrected chi connectivity index (χ1v) is 8.12. The van der Waals surface area contributed by atoms with Gasteiger partial charge in [-0.1, -0.05) is 0 Å². The Morgan fingerprint density at radius 2 is 2.13 bits per heavy atom. The maximum absolute atomic E-state index is 13.0. The Kier molecular flexibility index (Phi) is 6.21. The molecule has 23 heavy (non-hydrogen) atoms. The molecule has 0 bridgehead atoms. The molecule has 2 heterocycles. The topological polar surface area (TPSA) is 49.2 Å². The van der Waals surface area contributed by atoms with Crippen molar-refractivity contribution in [1.82, 2.24) is 14.7 Å². The van der Waals surface area contributed by atoms with Gasteiger partial charge in [0.15, 0.2) is 0 Å². The van der Waals surface area contributed by atoms with Gasteiger partial charge in [-0.2, -0.15) is 0 Å². The van der Waals surface area contributed by atoms with Crippen LogP contribution in [0.2, 0.25) is 0 Å². The highest BCUT2D eigenvalue weighted by atomic mass is 16.5. The van der Waals surface area contributed by atoms with E-state index in [0.29, 0.717) is 13.1 Å². The highest BCUT2D eigenvalue weighted by molar-refractivity contribution is 5.82. The van der Waals surface area contributed by atoms with Crippen LogP contribution in [-0.2, 0) is 16.1 Å². The zero-order chi connectivity index (χ0) is 17.0. The van der Waals surface area contributed by atoms with E-state index < -0.39 is 0 Å². The summed E-state index contributed by atoms with van der Waals surface area (Å²) in [5, 5.41) is 0. The van der Waals surface area contributed by atoms with Crippen molar-refractivity contribution in [3.8, 4) is 0 Å². The highest BCUT2D eigenvalue weighted by Gasteiger charge is 2.37. The van der Waals surface area contributed by atoms with Gasteiger partial charge in [-0.25, -0.2) is 0 Å². The molecule has 6 heteroatoms. The zero-order valence-corrected chi connectivity index (χ0v) is 14.9. The molecule has 0 aromatic carbocycles. The highest BCUT2D eigenvalue weighted by Crippen LogP contribution is 2.21. The van der Waals surface area contributed by atoms with Crippen molar-refractivity contribution in [2.75, 3.05) is 47.9 Å². The number of carbonyl (C=O) groups is 1. The zero-order valence-electron chi connectivity index (χ0n) is 14.9. The molecule has 0 radical (unpaired) electrons. The summed E-state index contributed by atoms with van der Waals surface area (Å²) < 4.78 is 11.1. The van der Waals surface area contributed by atoms with Crippen molar-refractivity contribution < 1.29 is 13.9 Å². The molecule has 2 rings (SSSR count). The molecule has 0 saturated carbocycles. The molecule has 0 N–H and O–H groups in total. The molecule has 1 amide bonds. The number of hydrogen-bond donors (Lipinski definition) is 0. The van der Waals surface area contributed by atoms with Crippen LogP contribution in [0.1, 0.15) is 17.9 Å². The van der Waals surface area contributed by atoms with Gasteiger partial charge >= 0.3 is 0 Å². The number of methoxy groups -OCH3 is 1. The lowest BCUT2D eigenvalue weighted by Gasteiger charge is -2.28. The number of likely N-dealkylation sites (N-methyl/N-ethyl adjacent to an activating group) is 2. The Balaban J connectivity index is 2.07. The van der Waals surface area contributed by atoms with Crippen molar-refractivity contribution >= 4 is 5.91 Å². The van der Waals surface area contributed by atoms with E-state index in [1.54, 1.807) is 7.11 Å². The Bertz CT molecular complexity index is 515. The van der Waals surface area contributed by atoms with Crippen LogP contribution in [0.25, 0.3) is 0 Å². The van der Waals surface area contributed by atoms with Crippen LogP contribution in [0.5, 0.6) is 0 Å². The number of rotatable bonds is 7. The van der Waals surface area contributed by atoms with Crippen LogP contribution < -0.4 is 0 Å². The van der Waals surface area contributed by atoms with Crippen LogP contribution in [0, 0.1) is 6.92 Å². The molecular formula is C17H29N3O3. The lowest BCUT2D eigenvalue weighted by atomic mass is 10.1. The van der Waals surface area contributed by atoms with E-state index >= 15 is 0 Å². The smallest absolute Gasteiger partial charge is 0.240 e. The third-order valence-corrected chi connectivity index (χ3v) is 4.40. The average Bonchev–Trinajstić information content (AvgIpc) is 3.08. The number of carbonyl (C=O) groups excluding carboxylic acids is 1. The molecule has 2 atom stereocenters. The van der Waals surface area contributed by atoms with Crippen molar-refractivity contribution in [3.05, 3.63) is 23.7 Å². The van der Waals surface area contributed by atoms with Crippen molar-refractivity contribution in [2.24, 2.45) is 0 Å². The van der Waals surface area contributed by atoms with E-state index in [0.717, 1.165) is 31.0 Å². The maximum Gasteiger partial charge on any atom is 0.240 e. The van der Waals surface area contributed by atoms with E-state index in [1.165, 1.54) is 0 Å². The summed E-state index contributed by atoms with van der Waals surface area (Å²) in [6.45, 7) is 4.75. The van der Waals surface area contributed by atoms with Crippen LogP contribution in [-0.4, -0.2) is 80.6 Å². The second-order valence-corrected chi connectivity index (χ2v) is 6.62. The van der Waals surface area contributed by atoms with E-state index in [1.807, 2.05) is 45.1 Å². The predicted molar refractivity (Wildman–Crippen MR) is 89.2 cm³/mol. The number of likely N-dealkylation sites (tertiary alicyclic amines) is 1. The lowest BCUT2D eigenvalue weighted by molar-refractivity contribution is -0.136. The summed E-state index contributed by atoms with van der Waals surface area (Å²) in [4.78, 5) is 19.1. The van der Waals surface area contributed by atoms with Gasteiger partial charge in [0.2, 0.25) is 5.91 Å². The summed E-state index contributed by atoms with van der Waals surface area (Å²) in [5.41, 5.74) is 0. The van der Waals surface area contributed by atoms with Crippen LogP contribution in [0.3, 0.4) is 0 Å². The van der Waals surface area contributed by atoms with Crippen molar-refractivity contribution in [1.29, 1.82) is 0 Å². The summed E-state index contributed by atoms with van der Waals surface area (Å²) >= 11 is 0. The van der Waals surface area contributed by atoms with Crippen molar-refractivity contribution in [2.45, 2.75) is 32.0 Å². The lowest BCUT2D eigenvalue weighted by Crippen LogP contribution is -2.46. The van der Waals surface area contributed by atoms with Crippen LogP contribution in [0.15, 0.2) is 16.5 Å². The minimum absolute atomic E-state index is 0.113. The van der Waals surface area contributed by atoms with Gasteiger partial charge in [-0.3, -0.25) is 9.69 Å². The number of ether oxygens (including phenoxy) is 1. The van der Waals surface area contributed by atoms with Gasteiger partial charge in [0.1, 0.15) is 11.5 Å². The van der Waals surface area contributed by atoms with Crippen molar-refractivity contribution in [3.63, 3.8) is 0 Å². The SMILES string of the molecule is CO[C@H]1C[C@@H](C(=O)N(CCN(C)C)Cc2ccc(C)o2)N(C)C1. The molecule has 6 nitrogen and oxygen atoms in total. The van der Waals surface area contributed by atoms with E-state index in [2.05, 4.69) is 9.80 Å². The van der Waals surface area contributed by atoms with Gasteiger partial charge in [0, 0.05) is 26.7 Å². The Morgan fingerprint density at radius 3 is 2.65 bits per heavy atom. The fraction of sp³-hybridized carbons (Fsp3) is 0.706. The minimum atomic E-state index is -0.113. The fourth-order valence-electron chi connectivity index (χ4n) is 2.97. The molecule has 1 aliphatic rings. The second kappa shape index (κ2) is 7.95. The summed E-state index contributed by atoms with van der Waals surface area (Å²) in [7, 11) is 7.73. The second-order valence-electron chi connectivity index (χ2n) is 6.62. The van der Waals surface area contributed by atoms with Gasteiger partial charge in [0.05, 0.1) is 18.7 Å². The maximum atomic E-state index is 13.0. The normalized spacial score (nSPS) is 22.0. The monoisotopic (exact) mass is 323 g/mol. The van der Waals surface area contributed by atoms with E-state index in [-0.39, 0.29) is 18.1 Å². The van der Waals surface area contributed by atoms with Gasteiger partial charge in [-0.05, 0) is 46.6 Å². The molecule has 1 aromatic rings. The molecule has 0 aliphatic carbocycles. The largest absolute Gasteiger partial charge is 0.464 e. The average molecular weight is 323 g/mol. The fourth-order valence-corrected chi connectivity index (χ4v) is 2.97. The quantitative estimate of drug-likeness (QED) is 0.754. The molecule has 1 aliphatic heterocycles. The molecular weight excluding hydrogens is 294 g/mol. The Labute approximate surface area is 139 Å². The number of furan rings is 1. The number of hydrogen-bond acceptors (Lipinski definition) is 5. The van der Waals surface area contributed by atoms with Crippen LogP contribution >= 0.6 is 0 Å². The van der Waals surface area contributed by atoms with Gasteiger partial charge in [0.25, 0.3) is 0 Å². The third kappa shape index (κ3) is 4.80. The predicted octanol–water partition coefficient (Wildman–Crippen LogP) is 1.20. The molecule has 1 aromatic heterocycles. The standard InChI is InChI=1S/C17H29N3O3/c1-13-6-7-14(23-13)12-20(9-8-18(2)3)17(21)16-10-15(22-5)11-19(16)4/h6-7,15-16H,8-12H2,1-5H3/t15-,16-/m0/s1. The Morgan fingerprint density at radius 1 is 1.39 bits per heavy atom. The Hall–Kier alpha value is -1.37. The first kappa shape index (κ1) is 18.0. The number of aryl methyl sites for hydroxylation is 1. The summed E-state index contributed by atoms with van der Waals surface area (Å²) in [6, 6.07) is 3.77. The summed E-state index contributed by atoms with van der Waals surface area (Å²) in [6.07, 6.45) is 0.886. The first-order chi connectivity index (χ1) is 10.9. The molecule has 0 spiro atoms. The molecule has 1 saturated heterocycles. The van der Waals surface area contributed by atoms with E-state index in [9.17, 15) is 4.79 Å². The van der Waals surface area contributed by atoms with Crippen LogP contribution in [0.4, 0.5) is 0 Å². The molecule has 1 fully saturated rings. The molecule has 130 valence electrons. The van der Waals surface area contributed by atoms with E-state index in [4.69, 9.17) is 9.15 Å². The first-order valence-electron chi connectivity index (χ1n) is 8.12. The van der Waals surface area contributed by atoms with Gasteiger partial charge in [-0.15, -0.1) is 0 Å². The van der Waals surface area contributed by atoms with Gasteiger partial charge < -0.3 is 19.0 Å². The third-order valence-electron chi connectivity index (χ3n) is 4.40. The molecule has 0 unspecified atom stereocenters. The summed E-state index contributed by atoms with van der Waals surface area (Å²) in [5.74, 6) is 1.86. The number of nitrogens with zero attached hydrogens (tertiary/aromatic N) is 3. The minimum Gasteiger partial charge on any atom is -0.464 e.